The number of nitrogens with zero attached hydrogens (tertiary/aromatic N) is 4. The molecule has 0 N–H and O–H groups in total. The Kier molecular flexibility index (Phi) is 6.02. The van der Waals surface area contributed by atoms with Gasteiger partial charge >= 0.3 is 0 Å². The Hall–Kier alpha value is -1.71. The summed E-state index contributed by atoms with van der Waals surface area (Å²) >= 11 is 11.7. The summed E-state index contributed by atoms with van der Waals surface area (Å²) in [7, 11) is -3.15. The van der Waals surface area contributed by atoms with Gasteiger partial charge in [-0.3, -0.25) is 0 Å². The smallest absolute Gasteiger partial charge is 0.206 e. The highest BCUT2D eigenvalue weighted by Gasteiger charge is 2.24. The van der Waals surface area contributed by atoms with Crippen molar-refractivity contribution in [3.05, 3.63) is 41.1 Å². The van der Waals surface area contributed by atoms with E-state index in [4.69, 9.17) is 23.8 Å². The molecular weight excluding hydrogens is 384 g/mol. The van der Waals surface area contributed by atoms with Crippen LogP contribution in [0.1, 0.15) is 13.8 Å². The SMILES string of the molecule is CCN(C(=S)C(C)CS(C)(=O)=O)c1cn(-c2ccc[n+]([O-])c2)nc1Cl. The molecule has 0 saturated carbocycles. The van der Waals surface area contributed by atoms with E-state index in [0.29, 0.717) is 27.6 Å². The van der Waals surface area contributed by atoms with Crippen LogP contribution in [0, 0.1) is 11.1 Å². The first kappa shape index (κ1) is 19.6. The Morgan fingerprint density at radius 3 is 2.80 bits per heavy atom. The van der Waals surface area contributed by atoms with Crippen LogP contribution in [0.15, 0.2) is 30.7 Å². The van der Waals surface area contributed by atoms with Gasteiger partial charge in [0.05, 0.1) is 22.6 Å². The van der Waals surface area contributed by atoms with Gasteiger partial charge in [0.1, 0.15) is 15.5 Å². The van der Waals surface area contributed by atoms with Gasteiger partial charge in [-0.1, -0.05) is 30.7 Å². The molecule has 7 nitrogen and oxygen atoms in total. The highest BCUT2D eigenvalue weighted by molar-refractivity contribution is 7.90. The topological polar surface area (TPSA) is 82.1 Å². The summed E-state index contributed by atoms with van der Waals surface area (Å²) in [6.45, 7) is 4.16. The lowest BCUT2D eigenvalue weighted by molar-refractivity contribution is -0.605. The van der Waals surface area contributed by atoms with E-state index >= 15 is 0 Å². The highest BCUT2D eigenvalue weighted by atomic mass is 35.5. The van der Waals surface area contributed by atoms with Crippen LogP contribution in [-0.2, 0) is 9.84 Å². The lowest BCUT2D eigenvalue weighted by Gasteiger charge is -2.26. The van der Waals surface area contributed by atoms with Crippen molar-refractivity contribution in [2.24, 2.45) is 5.92 Å². The maximum Gasteiger partial charge on any atom is 0.206 e. The summed E-state index contributed by atoms with van der Waals surface area (Å²) in [6.07, 6.45) is 5.59. The van der Waals surface area contributed by atoms with E-state index in [1.165, 1.54) is 23.3 Å². The molecule has 0 aliphatic carbocycles. The fourth-order valence-corrected chi connectivity index (χ4v) is 4.19. The number of aromatic nitrogens is 3. The molecule has 2 aromatic heterocycles. The van der Waals surface area contributed by atoms with Gasteiger partial charge in [-0.25, -0.2) is 13.1 Å². The van der Waals surface area contributed by atoms with E-state index in [1.807, 2.05) is 6.92 Å². The van der Waals surface area contributed by atoms with Gasteiger partial charge in [0.2, 0.25) is 6.20 Å². The first-order chi connectivity index (χ1) is 11.6. The van der Waals surface area contributed by atoms with E-state index < -0.39 is 9.84 Å². The maximum absolute atomic E-state index is 11.5. The van der Waals surface area contributed by atoms with Crippen LogP contribution in [-0.4, -0.2) is 41.7 Å². The van der Waals surface area contributed by atoms with Crippen molar-refractivity contribution < 1.29 is 13.1 Å². The Bertz CT molecular complexity index is 883. The first-order valence-electron chi connectivity index (χ1n) is 7.56. The van der Waals surface area contributed by atoms with Crippen molar-refractivity contribution in [3.63, 3.8) is 0 Å². The minimum atomic E-state index is -3.15. The van der Waals surface area contributed by atoms with Crippen molar-refractivity contribution in [1.82, 2.24) is 9.78 Å². The molecule has 0 spiro atoms. The molecule has 2 rings (SSSR count). The second kappa shape index (κ2) is 7.67. The molecule has 0 bridgehead atoms. The van der Waals surface area contributed by atoms with Gasteiger partial charge in [0.15, 0.2) is 11.3 Å². The van der Waals surface area contributed by atoms with Crippen LogP contribution in [0.4, 0.5) is 5.69 Å². The molecule has 1 unspecified atom stereocenters. The van der Waals surface area contributed by atoms with Crippen molar-refractivity contribution in [1.29, 1.82) is 0 Å². The average Bonchev–Trinajstić information content (AvgIpc) is 2.88. The van der Waals surface area contributed by atoms with E-state index in [2.05, 4.69) is 5.10 Å². The predicted octanol–water partition coefficient (Wildman–Crippen LogP) is 1.99. The van der Waals surface area contributed by atoms with E-state index in [1.54, 1.807) is 30.2 Å². The number of anilines is 1. The molecule has 0 aliphatic rings. The normalized spacial score (nSPS) is 12.8. The Morgan fingerprint density at radius 1 is 1.56 bits per heavy atom. The minimum Gasteiger partial charge on any atom is -0.619 e. The molecule has 2 aromatic rings. The summed E-state index contributed by atoms with van der Waals surface area (Å²) in [6, 6.07) is 3.33. The van der Waals surface area contributed by atoms with Crippen LogP contribution in [0.25, 0.3) is 5.69 Å². The predicted molar refractivity (Wildman–Crippen MR) is 102 cm³/mol. The van der Waals surface area contributed by atoms with Gasteiger partial charge in [0, 0.05) is 24.8 Å². The third kappa shape index (κ3) is 4.90. The monoisotopic (exact) mass is 402 g/mol. The summed E-state index contributed by atoms with van der Waals surface area (Å²) < 4.78 is 25.2. The molecular formula is C15H19ClN4O3S2. The fraction of sp³-hybridized carbons (Fsp3) is 0.400. The number of rotatable bonds is 6. The Balaban J connectivity index is 2.34. The van der Waals surface area contributed by atoms with Gasteiger partial charge in [-0.2, -0.15) is 9.83 Å². The summed E-state index contributed by atoms with van der Waals surface area (Å²) in [5, 5.41) is 15.9. The number of hydrogen-bond donors (Lipinski definition) is 0. The van der Waals surface area contributed by atoms with Crippen molar-refractivity contribution in [3.8, 4) is 5.69 Å². The molecule has 2 heterocycles. The van der Waals surface area contributed by atoms with Crippen LogP contribution >= 0.6 is 23.8 Å². The van der Waals surface area contributed by atoms with Crippen molar-refractivity contribution in [2.75, 3.05) is 23.5 Å². The Morgan fingerprint density at radius 2 is 2.24 bits per heavy atom. The zero-order valence-electron chi connectivity index (χ0n) is 14.1. The zero-order chi connectivity index (χ0) is 18.8. The molecule has 0 radical (unpaired) electrons. The van der Waals surface area contributed by atoms with E-state index in [9.17, 15) is 13.6 Å². The number of halogens is 1. The van der Waals surface area contributed by atoms with Crippen molar-refractivity contribution >= 4 is 44.3 Å². The molecule has 25 heavy (non-hydrogen) atoms. The van der Waals surface area contributed by atoms with Crippen LogP contribution in [0.2, 0.25) is 5.15 Å². The molecule has 0 aliphatic heterocycles. The molecule has 1 atom stereocenters. The third-order valence-electron chi connectivity index (χ3n) is 3.52. The van der Waals surface area contributed by atoms with Gasteiger partial charge in [-0.05, 0) is 13.0 Å². The standard InChI is InChI=1S/C15H19ClN4O3S2/c1-4-19(15(24)11(2)10-25(3,22)23)13-9-20(17-14(13)16)12-6-5-7-18(21)8-12/h5-9,11H,4,10H2,1-3H3. The molecule has 0 fully saturated rings. The van der Waals surface area contributed by atoms with Gasteiger partial charge in [-0.15, -0.1) is 0 Å². The maximum atomic E-state index is 11.5. The highest BCUT2D eigenvalue weighted by Crippen LogP contribution is 2.27. The first-order valence-corrected chi connectivity index (χ1v) is 10.4. The third-order valence-corrected chi connectivity index (χ3v) is 5.52. The number of sulfone groups is 1. The Labute approximate surface area is 157 Å². The van der Waals surface area contributed by atoms with E-state index in [-0.39, 0.29) is 16.8 Å². The summed E-state index contributed by atoms with van der Waals surface area (Å²) in [5.74, 6) is -0.381. The van der Waals surface area contributed by atoms with E-state index in [0.717, 1.165) is 0 Å². The minimum absolute atomic E-state index is 0.0387. The summed E-state index contributed by atoms with van der Waals surface area (Å²) in [5.41, 5.74) is 1.12. The molecule has 136 valence electrons. The molecule has 10 heteroatoms. The lowest BCUT2D eigenvalue weighted by atomic mass is 10.2. The lowest BCUT2D eigenvalue weighted by Crippen LogP contribution is -2.36. The second-order valence-electron chi connectivity index (χ2n) is 5.75. The van der Waals surface area contributed by atoms with Gasteiger partial charge < -0.3 is 10.1 Å². The second-order valence-corrected chi connectivity index (χ2v) is 8.71. The van der Waals surface area contributed by atoms with Gasteiger partial charge in [0.25, 0.3) is 0 Å². The molecule has 0 saturated heterocycles. The van der Waals surface area contributed by atoms with Crippen LogP contribution < -0.4 is 9.63 Å². The number of pyridine rings is 1. The number of hydrogen-bond acceptors (Lipinski definition) is 5. The fourth-order valence-electron chi connectivity index (χ4n) is 2.47. The molecule has 0 amide bonds. The quantitative estimate of drug-likeness (QED) is 0.417. The summed E-state index contributed by atoms with van der Waals surface area (Å²) in [4.78, 5) is 2.23. The molecule has 0 aromatic carbocycles. The van der Waals surface area contributed by atoms with Crippen LogP contribution in [0.3, 0.4) is 0 Å². The average molecular weight is 403 g/mol. The van der Waals surface area contributed by atoms with Crippen molar-refractivity contribution in [2.45, 2.75) is 13.8 Å². The number of thiocarbonyl (C=S) groups is 1. The zero-order valence-corrected chi connectivity index (χ0v) is 16.5. The van der Waals surface area contributed by atoms with Crippen LogP contribution in [0.5, 0.6) is 0 Å². The largest absolute Gasteiger partial charge is 0.619 e.